The summed E-state index contributed by atoms with van der Waals surface area (Å²) in [6.07, 6.45) is 54.4. The van der Waals surface area contributed by atoms with Crippen LogP contribution in [0.3, 0.4) is 0 Å². The normalized spacial score (nSPS) is 15.5. The second kappa shape index (κ2) is 52.4. The predicted molar refractivity (Wildman–Crippen MR) is 347 cm³/mol. The number of aliphatic carboxylic acids is 3. The number of rotatable bonds is 58. The predicted octanol–water partition coefficient (Wildman–Crippen LogP) is 14.7. The van der Waals surface area contributed by atoms with Crippen molar-refractivity contribution in [2.45, 2.75) is 302 Å². The molecule has 0 aromatic rings. The van der Waals surface area contributed by atoms with Crippen molar-refractivity contribution in [3.63, 3.8) is 0 Å². The van der Waals surface area contributed by atoms with Crippen molar-refractivity contribution in [2.24, 2.45) is 5.41 Å². The summed E-state index contributed by atoms with van der Waals surface area (Å²) >= 11 is 0. The molecule has 17 nitrogen and oxygen atoms in total. The van der Waals surface area contributed by atoms with Gasteiger partial charge in [0.15, 0.2) is 5.79 Å². The summed E-state index contributed by atoms with van der Waals surface area (Å²) < 4.78 is 19.6. The van der Waals surface area contributed by atoms with Crippen molar-refractivity contribution in [1.82, 2.24) is 26.2 Å². The Morgan fingerprint density at radius 3 is 1.58 bits per heavy atom. The highest BCUT2D eigenvalue weighted by atomic mass is 16.7. The second-order valence-electron chi connectivity index (χ2n) is 24.6. The zero-order valence-electron chi connectivity index (χ0n) is 54.8. The fourth-order valence-corrected chi connectivity index (χ4v) is 10.3. The van der Waals surface area contributed by atoms with E-state index in [1.165, 1.54) is 128 Å². The van der Waals surface area contributed by atoms with Gasteiger partial charge >= 0.3 is 23.9 Å². The standard InChI is InChI=1S/C69H123N5O12/c1-7-10-12-14-16-18-20-22-24-26-28-30-32-34-36-40-49-69(50-41-37-35-33-31-29-27-25-23-21-19-17-15-13-11-8-2)85-56-59(86-69)48-54-74(6)53-44-38-42-52-71-66(82)68(4,5)57-84-58(9-3)55-62(75)70-51-43-39-45-60(64(78)79)72-67(83)73-61(65(80)81)46-47-63(76)77/h16-19,22-25,58-61H,7-15,20-21,26-57H2,1-6H3,(H,70,75)(H,71,82)(H,76,77)(H,78,79)(H,80,81)(H2,72,73,83)/b18-16-,19-17-,24-22-,25-23-/t58?,59?,60-,61-/m1/s1. The van der Waals surface area contributed by atoms with E-state index in [1.54, 1.807) is 0 Å². The van der Waals surface area contributed by atoms with Crippen molar-refractivity contribution in [3.8, 4) is 0 Å². The van der Waals surface area contributed by atoms with Crippen molar-refractivity contribution < 1.29 is 58.3 Å². The SMILES string of the molecule is CCCCC/C=C\C/C=C\CCCCCCCCC1(CCCCCCCC/C=C\C/C=C\CCCCC)OCC(CCN(C)CCCCCNC(=O)C(C)(C)COC(CC)CC(=O)NCCCC[C@@H](NC(=O)N[C@H](CCC(=O)O)C(=O)O)C(=O)O)O1. The first-order chi connectivity index (χ1) is 41.5. The van der Waals surface area contributed by atoms with Crippen LogP contribution < -0.4 is 21.3 Å². The van der Waals surface area contributed by atoms with E-state index in [1.807, 2.05) is 20.8 Å². The van der Waals surface area contributed by atoms with Gasteiger partial charge in [-0.25, -0.2) is 14.4 Å². The fourth-order valence-electron chi connectivity index (χ4n) is 10.3. The van der Waals surface area contributed by atoms with Gasteiger partial charge in [-0.1, -0.05) is 153 Å². The molecule has 1 aliphatic heterocycles. The Bertz CT molecular complexity index is 1860. The highest BCUT2D eigenvalue weighted by molar-refractivity contribution is 5.86. The number of unbranched alkanes of at least 4 members (excludes halogenated alkanes) is 21. The molecule has 496 valence electrons. The Hall–Kier alpha value is -4.58. The van der Waals surface area contributed by atoms with Crippen molar-refractivity contribution in [2.75, 3.05) is 46.4 Å². The van der Waals surface area contributed by atoms with E-state index in [-0.39, 0.29) is 50.3 Å². The summed E-state index contributed by atoms with van der Waals surface area (Å²) in [5, 5.41) is 37.9. The van der Waals surface area contributed by atoms with E-state index >= 15 is 0 Å². The number of hydrogen-bond acceptors (Lipinski definition) is 10. The summed E-state index contributed by atoms with van der Waals surface area (Å²) in [5.74, 6) is -4.79. The third-order valence-corrected chi connectivity index (χ3v) is 16.0. The fraction of sp³-hybridized carbons (Fsp3) is 0.797. The summed E-state index contributed by atoms with van der Waals surface area (Å²) in [6, 6.07) is -3.85. The van der Waals surface area contributed by atoms with Crippen LogP contribution in [0.4, 0.5) is 4.79 Å². The van der Waals surface area contributed by atoms with Crippen LogP contribution in [0.5, 0.6) is 0 Å². The summed E-state index contributed by atoms with van der Waals surface area (Å²) in [4.78, 5) is 74.6. The van der Waals surface area contributed by atoms with E-state index < -0.39 is 59.7 Å². The highest BCUT2D eigenvalue weighted by Gasteiger charge is 2.40. The second-order valence-corrected chi connectivity index (χ2v) is 24.6. The quantitative estimate of drug-likeness (QED) is 0.0222. The van der Waals surface area contributed by atoms with Gasteiger partial charge in [0.1, 0.15) is 12.1 Å². The topological polar surface area (TPSA) is 242 Å². The zero-order chi connectivity index (χ0) is 63.4. The molecule has 1 saturated heterocycles. The molecule has 4 amide bonds. The number of allylic oxidation sites excluding steroid dienone is 8. The van der Waals surface area contributed by atoms with Gasteiger partial charge in [-0.05, 0) is 156 Å². The minimum atomic E-state index is -1.50. The number of urea groups is 1. The molecule has 1 heterocycles. The molecule has 17 heteroatoms. The number of carbonyl (C=O) groups excluding carboxylic acids is 3. The van der Waals surface area contributed by atoms with Gasteiger partial charge in [-0.2, -0.15) is 0 Å². The molecule has 0 radical (unpaired) electrons. The van der Waals surface area contributed by atoms with Gasteiger partial charge in [0.25, 0.3) is 0 Å². The molecule has 2 unspecified atom stereocenters. The maximum atomic E-state index is 13.2. The molecule has 1 aliphatic rings. The van der Waals surface area contributed by atoms with Gasteiger partial charge in [0.2, 0.25) is 11.8 Å². The minimum Gasteiger partial charge on any atom is -0.481 e. The lowest BCUT2D eigenvalue weighted by atomic mass is 9.93. The van der Waals surface area contributed by atoms with Gasteiger partial charge in [0.05, 0.1) is 37.3 Å². The Labute approximate surface area is 520 Å². The summed E-state index contributed by atoms with van der Waals surface area (Å²) in [5.41, 5.74) is -0.808. The third-order valence-electron chi connectivity index (χ3n) is 16.0. The number of hydrogen-bond donors (Lipinski definition) is 7. The first-order valence-electron chi connectivity index (χ1n) is 34.0. The van der Waals surface area contributed by atoms with Crippen molar-refractivity contribution >= 4 is 35.8 Å². The van der Waals surface area contributed by atoms with Crippen LogP contribution >= 0.6 is 0 Å². The van der Waals surface area contributed by atoms with Gasteiger partial charge < -0.3 is 55.7 Å². The molecule has 1 rings (SSSR count). The zero-order valence-corrected chi connectivity index (χ0v) is 54.8. The van der Waals surface area contributed by atoms with Crippen LogP contribution in [0, 0.1) is 5.41 Å². The summed E-state index contributed by atoms with van der Waals surface area (Å²) in [7, 11) is 2.18. The smallest absolute Gasteiger partial charge is 0.326 e. The highest BCUT2D eigenvalue weighted by Crippen LogP contribution is 2.36. The van der Waals surface area contributed by atoms with E-state index in [0.29, 0.717) is 32.4 Å². The average molecular weight is 1210 g/mol. The van der Waals surface area contributed by atoms with Gasteiger partial charge in [0, 0.05) is 38.9 Å². The number of carboxylic acid groups (broad SMARTS) is 3. The molecule has 0 saturated carbocycles. The van der Waals surface area contributed by atoms with Crippen LogP contribution in [0.15, 0.2) is 48.6 Å². The van der Waals surface area contributed by atoms with Crippen molar-refractivity contribution in [1.29, 1.82) is 0 Å². The Kier molecular flexibility index (Phi) is 48.4. The number of amides is 4. The molecule has 4 atom stereocenters. The lowest BCUT2D eigenvalue weighted by Gasteiger charge is -2.29. The summed E-state index contributed by atoms with van der Waals surface area (Å²) in [6.45, 7) is 13.6. The first-order valence-corrected chi connectivity index (χ1v) is 34.0. The molecule has 0 aliphatic carbocycles. The molecule has 1 fully saturated rings. The van der Waals surface area contributed by atoms with E-state index in [9.17, 15) is 39.0 Å². The average Bonchev–Trinajstić information content (AvgIpc) is 2.92. The molecule has 0 bridgehead atoms. The Morgan fingerprint density at radius 1 is 0.593 bits per heavy atom. The van der Waals surface area contributed by atoms with Crippen LogP contribution in [-0.4, -0.2) is 132 Å². The van der Waals surface area contributed by atoms with Gasteiger partial charge in [-0.15, -0.1) is 0 Å². The monoisotopic (exact) mass is 1210 g/mol. The lowest BCUT2D eigenvalue weighted by molar-refractivity contribution is -0.180. The van der Waals surface area contributed by atoms with E-state index in [0.717, 1.165) is 77.3 Å². The Balaban J connectivity index is 2.44. The molecular formula is C69H123N5O12. The van der Waals surface area contributed by atoms with Crippen molar-refractivity contribution in [3.05, 3.63) is 48.6 Å². The Morgan fingerprint density at radius 2 is 1.07 bits per heavy atom. The maximum absolute atomic E-state index is 13.2. The van der Waals surface area contributed by atoms with Crippen LogP contribution in [-0.2, 0) is 38.2 Å². The largest absolute Gasteiger partial charge is 0.481 e. The number of ether oxygens (including phenoxy) is 3. The molecular weight excluding hydrogens is 1090 g/mol. The molecule has 0 spiro atoms. The molecule has 0 aromatic heterocycles. The van der Waals surface area contributed by atoms with E-state index in [2.05, 4.69) is 95.7 Å². The number of carbonyl (C=O) groups is 6. The van der Waals surface area contributed by atoms with Crippen LogP contribution in [0.25, 0.3) is 0 Å². The first kappa shape index (κ1) is 79.4. The van der Waals surface area contributed by atoms with E-state index in [4.69, 9.17) is 19.3 Å². The van der Waals surface area contributed by atoms with Crippen LogP contribution in [0.2, 0.25) is 0 Å². The van der Waals surface area contributed by atoms with Gasteiger partial charge in [-0.3, -0.25) is 14.4 Å². The maximum Gasteiger partial charge on any atom is 0.326 e. The van der Waals surface area contributed by atoms with Crippen LogP contribution in [0.1, 0.15) is 272 Å². The number of carboxylic acids is 3. The minimum absolute atomic E-state index is 0.0181. The molecule has 7 N–H and O–H groups in total. The third kappa shape index (κ3) is 43.9. The number of nitrogens with zero attached hydrogens (tertiary/aromatic N) is 1. The molecule has 86 heavy (non-hydrogen) atoms. The number of nitrogens with one attached hydrogen (secondary N) is 4. The molecule has 0 aromatic carbocycles. The lowest BCUT2D eigenvalue weighted by Crippen LogP contribution is -2.51.